The maximum absolute atomic E-state index is 13.9. The fourth-order valence-corrected chi connectivity index (χ4v) is 10.1. The predicted octanol–water partition coefficient (Wildman–Crippen LogP) is 10.7. The minimum Gasteiger partial charge on any atom is -0.397 e. The van der Waals surface area contributed by atoms with Crippen LogP contribution in [0, 0.1) is 6.92 Å². The van der Waals surface area contributed by atoms with Crippen molar-refractivity contribution in [2.45, 2.75) is 41.8 Å². The molecule has 0 aliphatic carbocycles. The second kappa shape index (κ2) is 19.6. The van der Waals surface area contributed by atoms with Gasteiger partial charge in [-0.05, 0) is 130 Å². The Bertz CT molecular complexity index is 2600. The number of benzene rings is 5. The molecule has 1 atom stereocenters. The van der Waals surface area contributed by atoms with E-state index in [9.17, 15) is 21.6 Å². The summed E-state index contributed by atoms with van der Waals surface area (Å²) >= 11 is 7.82. The first-order valence-electron chi connectivity index (χ1n) is 20.8. The van der Waals surface area contributed by atoms with Crippen LogP contribution < -0.4 is 25.6 Å². The second-order valence-corrected chi connectivity index (χ2v) is 19.3. The van der Waals surface area contributed by atoms with E-state index in [4.69, 9.17) is 17.3 Å². The van der Waals surface area contributed by atoms with Crippen molar-refractivity contribution in [2.24, 2.45) is 7.05 Å². The maximum Gasteiger partial charge on any atom is 0.393 e. The van der Waals surface area contributed by atoms with Gasteiger partial charge in [-0.3, -0.25) is 4.72 Å². The zero-order chi connectivity index (χ0) is 44.9. The van der Waals surface area contributed by atoms with Gasteiger partial charge in [-0.1, -0.05) is 54.1 Å². The van der Waals surface area contributed by atoms with Crippen molar-refractivity contribution >= 4 is 61.8 Å². The van der Waals surface area contributed by atoms with Gasteiger partial charge < -0.3 is 30.3 Å². The summed E-state index contributed by atoms with van der Waals surface area (Å²) in [6, 6.07) is 36.9. The number of anilines is 5. The second-order valence-electron chi connectivity index (χ2n) is 16.1. The molecular formula is C48H53ClF3N7O2S2. The van der Waals surface area contributed by atoms with Crippen LogP contribution in [0.5, 0.6) is 0 Å². The summed E-state index contributed by atoms with van der Waals surface area (Å²) in [7, 11) is 1.70. The lowest BCUT2D eigenvalue weighted by molar-refractivity contribution is -0.127. The molecule has 2 heterocycles. The van der Waals surface area contributed by atoms with Crippen molar-refractivity contribution < 1.29 is 21.6 Å². The topological polar surface area (TPSA) is 98.9 Å². The molecule has 0 amide bonds. The zero-order valence-corrected chi connectivity index (χ0v) is 38.2. The number of sulfonamides is 1. The van der Waals surface area contributed by atoms with E-state index in [-0.39, 0.29) is 22.2 Å². The molecule has 9 nitrogen and oxygen atoms in total. The van der Waals surface area contributed by atoms with Crippen molar-refractivity contribution in [3.63, 3.8) is 0 Å². The highest BCUT2D eigenvalue weighted by Gasteiger charge is 2.31. The Hall–Kier alpha value is -5.28. The monoisotopic (exact) mass is 915 g/mol. The number of alkyl halides is 3. The van der Waals surface area contributed by atoms with Crippen LogP contribution in [0.1, 0.15) is 17.7 Å². The molecule has 5 aromatic carbocycles. The molecule has 1 aliphatic rings. The van der Waals surface area contributed by atoms with Gasteiger partial charge in [-0.2, -0.15) is 13.2 Å². The summed E-state index contributed by atoms with van der Waals surface area (Å²) in [5.74, 6) is 0.613. The van der Waals surface area contributed by atoms with Gasteiger partial charge in [0.2, 0.25) is 0 Å². The van der Waals surface area contributed by atoms with Crippen molar-refractivity contribution in [1.82, 2.24) is 9.47 Å². The molecule has 1 aliphatic heterocycles. The van der Waals surface area contributed by atoms with Gasteiger partial charge in [-0.25, -0.2) is 8.42 Å². The number of nitrogens with zero attached hydrogens (tertiary/aromatic N) is 4. The Kier molecular flexibility index (Phi) is 14.2. The highest BCUT2D eigenvalue weighted by molar-refractivity contribution is 7.99. The molecule has 1 aromatic heterocycles. The molecule has 0 unspecified atom stereocenters. The summed E-state index contributed by atoms with van der Waals surface area (Å²) in [6.07, 6.45) is -5.14. The molecular weight excluding hydrogens is 863 g/mol. The van der Waals surface area contributed by atoms with E-state index < -0.39 is 22.6 Å². The summed E-state index contributed by atoms with van der Waals surface area (Å²) in [4.78, 5) is 7.43. The normalized spacial score (nSPS) is 14.0. The summed E-state index contributed by atoms with van der Waals surface area (Å²) in [6.45, 7) is 5.74. The van der Waals surface area contributed by atoms with Crippen LogP contribution in [0.2, 0.25) is 5.02 Å². The third kappa shape index (κ3) is 11.5. The number of halogens is 4. The number of thioether (sulfide) groups is 1. The molecule has 0 radical (unpaired) electrons. The number of nitrogens with one attached hydrogen (secondary N) is 2. The van der Waals surface area contributed by atoms with Crippen LogP contribution in [0.3, 0.4) is 0 Å². The quantitative estimate of drug-likeness (QED) is 0.0826. The van der Waals surface area contributed by atoms with E-state index >= 15 is 0 Å². The molecule has 0 spiro atoms. The Labute approximate surface area is 378 Å². The Morgan fingerprint density at radius 2 is 1.49 bits per heavy atom. The number of rotatable bonds is 16. The third-order valence-electron chi connectivity index (χ3n) is 11.4. The highest BCUT2D eigenvalue weighted by atomic mass is 35.5. The first-order chi connectivity index (χ1) is 30.0. The minimum atomic E-state index is -4.55. The number of nitrogens with two attached hydrogens (primary N) is 1. The molecule has 15 heteroatoms. The van der Waals surface area contributed by atoms with Crippen molar-refractivity contribution in [2.75, 3.05) is 78.1 Å². The van der Waals surface area contributed by atoms with Gasteiger partial charge in [0.25, 0.3) is 10.0 Å². The zero-order valence-electron chi connectivity index (χ0n) is 35.8. The molecule has 6 aromatic rings. The molecule has 63 heavy (non-hydrogen) atoms. The lowest BCUT2D eigenvalue weighted by atomic mass is 9.99. The smallest absolute Gasteiger partial charge is 0.393 e. The molecule has 4 N–H and O–H groups in total. The standard InChI is InChI=1S/C48H53ClF3N7O2S2/c1-33-46(53)45(47(57(33)4)34-13-15-37(49)16-14-34)35-9-8-10-41(29-35)59-27-25-58(26-28-59)40-19-17-38(18-20-40)55-63(60,61)43-21-22-44(36(30-43)31-48(50,51)52)54-39(23-24-56(2)3)32-62-42-11-6-5-7-12-42/h5-22,29-30,39,54-55H,23-28,31-32,53H2,1-4H3/t39-/m1/s1. The van der Waals surface area contributed by atoms with Crippen molar-refractivity contribution in [3.05, 3.63) is 138 Å². The van der Waals surface area contributed by atoms with Crippen LogP contribution in [-0.4, -0.2) is 82.7 Å². The van der Waals surface area contributed by atoms with E-state index in [2.05, 4.69) is 48.7 Å². The van der Waals surface area contributed by atoms with E-state index in [1.807, 2.05) is 99.7 Å². The number of nitrogen functional groups attached to an aromatic ring is 1. The van der Waals surface area contributed by atoms with Crippen LogP contribution in [0.4, 0.5) is 41.6 Å². The van der Waals surface area contributed by atoms with Crippen LogP contribution in [0.25, 0.3) is 22.4 Å². The summed E-state index contributed by atoms with van der Waals surface area (Å²) < 4.78 is 73.8. The maximum atomic E-state index is 13.9. The van der Waals surface area contributed by atoms with E-state index in [0.717, 1.165) is 88.8 Å². The molecule has 0 bridgehead atoms. The van der Waals surface area contributed by atoms with E-state index in [1.165, 1.54) is 12.1 Å². The first kappa shape index (κ1) is 45.7. The summed E-state index contributed by atoms with van der Waals surface area (Å²) in [5.41, 5.74) is 15.0. The van der Waals surface area contributed by atoms with Gasteiger partial charge in [0.1, 0.15) is 0 Å². The summed E-state index contributed by atoms with van der Waals surface area (Å²) in [5, 5.41) is 3.99. The van der Waals surface area contributed by atoms with Crippen LogP contribution >= 0.6 is 23.4 Å². The number of hydrogen-bond acceptors (Lipinski definition) is 8. The average Bonchev–Trinajstić information content (AvgIpc) is 3.49. The molecule has 1 saturated heterocycles. The first-order valence-corrected chi connectivity index (χ1v) is 23.6. The number of hydrogen-bond donors (Lipinski definition) is 3. The Balaban J connectivity index is 1.01. The van der Waals surface area contributed by atoms with Gasteiger partial charge in [0.05, 0.1) is 22.7 Å². The predicted molar refractivity (Wildman–Crippen MR) is 256 cm³/mol. The fourth-order valence-electron chi connectivity index (χ4n) is 7.88. The number of aromatic nitrogens is 1. The highest BCUT2D eigenvalue weighted by Crippen LogP contribution is 2.42. The molecule has 0 saturated carbocycles. The van der Waals surface area contributed by atoms with Crippen molar-refractivity contribution in [3.8, 4) is 22.4 Å². The Morgan fingerprint density at radius 3 is 2.14 bits per heavy atom. The van der Waals surface area contributed by atoms with Crippen molar-refractivity contribution in [1.29, 1.82) is 0 Å². The fraction of sp³-hybridized carbons (Fsp3) is 0.292. The molecule has 1 fully saturated rings. The van der Waals surface area contributed by atoms with Crippen LogP contribution in [-0.2, 0) is 23.5 Å². The van der Waals surface area contributed by atoms with E-state index in [0.29, 0.717) is 22.9 Å². The SMILES string of the molecule is Cc1c(N)c(-c2cccc(N3CCN(c4ccc(NS(=O)(=O)c5ccc(N[C@H](CCN(C)C)CSc6ccccc6)c(CC(F)(F)F)c5)cc4)CC3)c2)c(-c2ccc(Cl)cc2)n1C. The largest absolute Gasteiger partial charge is 0.397 e. The molecule has 7 rings (SSSR count). The van der Waals surface area contributed by atoms with Gasteiger partial charge >= 0.3 is 6.18 Å². The third-order valence-corrected chi connectivity index (χ3v) is 14.2. The minimum absolute atomic E-state index is 0.131. The Morgan fingerprint density at radius 1 is 0.825 bits per heavy atom. The van der Waals surface area contributed by atoms with Gasteiger partial charge in [-0.15, -0.1) is 11.8 Å². The lowest BCUT2D eigenvalue weighted by Crippen LogP contribution is -2.46. The number of piperazine rings is 1. The van der Waals surface area contributed by atoms with Gasteiger partial charge in [0.15, 0.2) is 0 Å². The molecule has 332 valence electrons. The average molecular weight is 917 g/mol. The lowest BCUT2D eigenvalue weighted by Gasteiger charge is -2.37. The van der Waals surface area contributed by atoms with E-state index in [1.54, 1.807) is 23.9 Å². The van der Waals surface area contributed by atoms with Gasteiger partial charge in [0, 0.05) is 88.9 Å². The van der Waals surface area contributed by atoms with Crippen LogP contribution in [0.15, 0.2) is 131 Å².